The molecule has 1 amide bonds. The molecular weight excluding hydrogens is 306 g/mol. The zero-order valence-electron chi connectivity index (χ0n) is 14.3. The largest absolute Gasteiger partial charge is 0.466 e. The van der Waals surface area contributed by atoms with E-state index in [0.717, 1.165) is 11.3 Å². The summed E-state index contributed by atoms with van der Waals surface area (Å²) >= 11 is 0. The molecule has 1 saturated heterocycles. The van der Waals surface area contributed by atoms with Gasteiger partial charge in [-0.2, -0.15) is 5.06 Å². The number of furan rings is 1. The molecule has 128 valence electrons. The topological polar surface area (TPSA) is 51.9 Å². The molecular formula is C19H23NO4. The number of benzene rings is 1. The zero-order valence-corrected chi connectivity index (χ0v) is 14.3. The smallest absolute Gasteiger partial charge is 0.434 e. The number of hydrogen-bond donors (Lipinski definition) is 0. The van der Waals surface area contributed by atoms with E-state index < -0.39 is 11.7 Å². The molecule has 1 aliphatic heterocycles. The second kappa shape index (κ2) is 6.69. The third kappa shape index (κ3) is 3.97. The number of hydrogen-bond acceptors (Lipinski definition) is 4. The highest BCUT2D eigenvalue weighted by atomic mass is 16.7. The average molecular weight is 329 g/mol. The molecule has 2 aromatic rings. The lowest BCUT2D eigenvalue weighted by molar-refractivity contribution is -0.154. The highest BCUT2D eigenvalue weighted by Gasteiger charge is 2.40. The number of amides is 1. The molecule has 2 heterocycles. The minimum Gasteiger partial charge on any atom is -0.466 e. The van der Waals surface area contributed by atoms with Crippen molar-refractivity contribution in [2.45, 2.75) is 51.4 Å². The third-order valence-electron chi connectivity index (χ3n) is 3.81. The maximum absolute atomic E-state index is 12.5. The Morgan fingerprint density at radius 2 is 1.96 bits per heavy atom. The van der Waals surface area contributed by atoms with Gasteiger partial charge >= 0.3 is 6.09 Å². The summed E-state index contributed by atoms with van der Waals surface area (Å²) in [5, 5.41) is 1.37. The van der Waals surface area contributed by atoms with Crippen molar-refractivity contribution < 1.29 is 18.8 Å². The number of ether oxygens (including phenoxy) is 1. The zero-order chi connectivity index (χ0) is 17.2. The fraction of sp³-hybridized carbons (Fsp3) is 0.421. The molecule has 2 atom stereocenters. The van der Waals surface area contributed by atoms with Crippen LogP contribution in [0.5, 0.6) is 0 Å². The second-order valence-corrected chi connectivity index (χ2v) is 6.99. The molecule has 1 fully saturated rings. The van der Waals surface area contributed by atoms with Gasteiger partial charge in [-0.3, -0.25) is 4.84 Å². The van der Waals surface area contributed by atoms with E-state index in [9.17, 15) is 4.79 Å². The van der Waals surface area contributed by atoms with Crippen molar-refractivity contribution in [3.05, 3.63) is 60.1 Å². The van der Waals surface area contributed by atoms with Gasteiger partial charge in [0.1, 0.15) is 17.5 Å². The van der Waals surface area contributed by atoms with Crippen molar-refractivity contribution in [1.82, 2.24) is 5.06 Å². The van der Waals surface area contributed by atoms with E-state index in [0.29, 0.717) is 12.8 Å². The molecule has 0 aliphatic carbocycles. The van der Waals surface area contributed by atoms with Crippen molar-refractivity contribution >= 4 is 6.09 Å². The summed E-state index contributed by atoms with van der Waals surface area (Å²) in [6.07, 6.45) is 2.25. The van der Waals surface area contributed by atoms with Gasteiger partial charge in [-0.15, -0.1) is 0 Å². The molecule has 0 radical (unpaired) electrons. The lowest BCUT2D eigenvalue weighted by atomic mass is 10.0. The summed E-state index contributed by atoms with van der Waals surface area (Å²) in [4.78, 5) is 18.4. The first-order valence-electron chi connectivity index (χ1n) is 8.19. The van der Waals surface area contributed by atoms with E-state index >= 15 is 0 Å². The standard InChI is InChI=1S/C19H23NO4/c1-19(2,3)23-18(21)20-15(12-14-8-5-4-6-9-14)13-17(24-20)16-10-7-11-22-16/h4-11,15,17H,12-13H2,1-3H3/t15-,17-/m0/s1. The Bertz CT molecular complexity index is 660. The summed E-state index contributed by atoms with van der Waals surface area (Å²) in [6, 6.07) is 13.6. The van der Waals surface area contributed by atoms with Crippen molar-refractivity contribution in [2.75, 3.05) is 0 Å². The van der Waals surface area contributed by atoms with Gasteiger partial charge in [-0.1, -0.05) is 30.3 Å². The Kier molecular flexibility index (Phi) is 4.62. The quantitative estimate of drug-likeness (QED) is 0.831. The summed E-state index contributed by atoms with van der Waals surface area (Å²) in [5.41, 5.74) is 0.584. The Morgan fingerprint density at radius 1 is 1.21 bits per heavy atom. The maximum Gasteiger partial charge on any atom is 0.434 e. The van der Waals surface area contributed by atoms with E-state index in [1.54, 1.807) is 6.26 Å². The monoisotopic (exact) mass is 329 g/mol. The predicted molar refractivity (Wildman–Crippen MR) is 89.2 cm³/mol. The summed E-state index contributed by atoms with van der Waals surface area (Å²) in [7, 11) is 0. The van der Waals surface area contributed by atoms with Gasteiger partial charge < -0.3 is 9.15 Å². The first kappa shape index (κ1) is 16.6. The van der Waals surface area contributed by atoms with Crippen molar-refractivity contribution in [3.63, 3.8) is 0 Å². The molecule has 1 aromatic heterocycles. The number of hydroxylamine groups is 2. The van der Waals surface area contributed by atoms with Crippen molar-refractivity contribution in [1.29, 1.82) is 0 Å². The Balaban J connectivity index is 1.78. The number of rotatable bonds is 3. The Hall–Kier alpha value is -2.27. The van der Waals surface area contributed by atoms with Gasteiger partial charge in [0, 0.05) is 6.42 Å². The van der Waals surface area contributed by atoms with Gasteiger partial charge in [0.25, 0.3) is 0 Å². The molecule has 5 nitrogen and oxygen atoms in total. The minimum absolute atomic E-state index is 0.0997. The van der Waals surface area contributed by atoms with Crippen LogP contribution in [0.4, 0.5) is 4.79 Å². The van der Waals surface area contributed by atoms with Crippen LogP contribution in [-0.4, -0.2) is 22.8 Å². The SMILES string of the molecule is CC(C)(C)OC(=O)N1O[C@H](c2ccco2)C[C@@H]1Cc1ccccc1. The number of nitrogens with zero attached hydrogens (tertiary/aromatic N) is 1. The summed E-state index contributed by atoms with van der Waals surface area (Å²) < 4.78 is 10.9. The molecule has 1 aliphatic rings. The van der Waals surface area contributed by atoms with E-state index in [1.165, 1.54) is 5.06 Å². The van der Waals surface area contributed by atoms with Gasteiger partial charge in [0.15, 0.2) is 0 Å². The number of carbonyl (C=O) groups excluding carboxylic acids is 1. The van der Waals surface area contributed by atoms with Crippen LogP contribution in [0.25, 0.3) is 0 Å². The average Bonchev–Trinajstić information content (AvgIpc) is 3.15. The van der Waals surface area contributed by atoms with Gasteiger partial charge in [-0.25, -0.2) is 4.79 Å². The fourth-order valence-corrected chi connectivity index (χ4v) is 2.80. The first-order valence-corrected chi connectivity index (χ1v) is 8.19. The molecule has 3 rings (SSSR count). The van der Waals surface area contributed by atoms with E-state index in [4.69, 9.17) is 14.0 Å². The minimum atomic E-state index is -0.569. The van der Waals surface area contributed by atoms with Crippen LogP contribution in [0, 0.1) is 0 Å². The highest BCUT2D eigenvalue weighted by molar-refractivity contribution is 5.67. The molecule has 0 bridgehead atoms. The summed E-state index contributed by atoms with van der Waals surface area (Å²) in [5.74, 6) is 0.721. The Morgan fingerprint density at radius 3 is 2.58 bits per heavy atom. The van der Waals surface area contributed by atoms with Crippen LogP contribution in [0.2, 0.25) is 0 Å². The van der Waals surface area contributed by atoms with Gasteiger partial charge in [-0.05, 0) is 44.9 Å². The van der Waals surface area contributed by atoms with Crippen molar-refractivity contribution in [3.8, 4) is 0 Å². The molecule has 1 aromatic carbocycles. The Labute approximate surface area is 142 Å². The molecule has 5 heteroatoms. The molecule has 24 heavy (non-hydrogen) atoms. The van der Waals surface area contributed by atoms with Gasteiger partial charge in [0.2, 0.25) is 0 Å². The van der Waals surface area contributed by atoms with E-state index in [1.807, 2.05) is 63.2 Å². The third-order valence-corrected chi connectivity index (χ3v) is 3.81. The highest BCUT2D eigenvalue weighted by Crippen LogP contribution is 2.35. The molecule has 0 unspecified atom stereocenters. The lowest BCUT2D eigenvalue weighted by Gasteiger charge is -2.27. The van der Waals surface area contributed by atoms with Crippen LogP contribution >= 0.6 is 0 Å². The van der Waals surface area contributed by atoms with Crippen LogP contribution in [-0.2, 0) is 16.0 Å². The van der Waals surface area contributed by atoms with Crippen molar-refractivity contribution in [2.24, 2.45) is 0 Å². The fourth-order valence-electron chi connectivity index (χ4n) is 2.80. The van der Waals surface area contributed by atoms with E-state index in [-0.39, 0.29) is 12.1 Å². The first-order chi connectivity index (χ1) is 11.4. The normalized spacial score (nSPS) is 21.0. The molecule has 0 spiro atoms. The van der Waals surface area contributed by atoms with Crippen LogP contribution in [0.3, 0.4) is 0 Å². The predicted octanol–water partition coefficient (Wildman–Crippen LogP) is 4.50. The molecule has 0 N–H and O–H groups in total. The lowest BCUT2D eigenvalue weighted by Crippen LogP contribution is -2.39. The van der Waals surface area contributed by atoms with Crippen LogP contribution in [0.15, 0.2) is 53.1 Å². The molecule has 0 saturated carbocycles. The van der Waals surface area contributed by atoms with E-state index in [2.05, 4.69) is 0 Å². The van der Waals surface area contributed by atoms with Gasteiger partial charge in [0.05, 0.1) is 12.3 Å². The number of carbonyl (C=O) groups is 1. The summed E-state index contributed by atoms with van der Waals surface area (Å²) in [6.45, 7) is 5.53. The van der Waals surface area contributed by atoms with Crippen LogP contribution in [0.1, 0.15) is 44.6 Å². The maximum atomic E-state index is 12.5. The van der Waals surface area contributed by atoms with Crippen LogP contribution < -0.4 is 0 Å². The second-order valence-electron chi connectivity index (χ2n) is 6.99.